The van der Waals surface area contributed by atoms with Gasteiger partial charge in [0.15, 0.2) is 0 Å². The lowest BCUT2D eigenvalue weighted by Crippen LogP contribution is -2.40. The van der Waals surface area contributed by atoms with Gasteiger partial charge in [-0.3, -0.25) is 4.79 Å². The molecule has 0 aromatic carbocycles. The lowest BCUT2D eigenvalue weighted by molar-refractivity contribution is -0.131. The SMILES string of the molecule is CC[C@@H](N)C(=O)N(C)Cc1csc(Br)c1. The molecule has 15 heavy (non-hydrogen) atoms. The van der Waals surface area contributed by atoms with Crippen molar-refractivity contribution >= 4 is 33.2 Å². The van der Waals surface area contributed by atoms with Crippen LogP contribution >= 0.6 is 27.3 Å². The van der Waals surface area contributed by atoms with Gasteiger partial charge in [-0.25, -0.2) is 0 Å². The fraction of sp³-hybridized carbons (Fsp3) is 0.500. The molecule has 84 valence electrons. The molecule has 3 nitrogen and oxygen atoms in total. The zero-order valence-corrected chi connectivity index (χ0v) is 11.3. The Hall–Kier alpha value is -0.390. The van der Waals surface area contributed by atoms with E-state index in [1.54, 1.807) is 23.3 Å². The minimum absolute atomic E-state index is 0.000164. The second-order valence-electron chi connectivity index (χ2n) is 3.47. The van der Waals surface area contributed by atoms with Crippen molar-refractivity contribution in [1.82, 2.24) is 4.90 Å². The van der Waals surface area contributed by atoms with E-state index in [4.69, 9.17) is 5.73 Å². The van der Waals surface area contributed by atoms with E-state index in [-0.39, 0.29) is 11.9 Å². The predicted octanol–water partition coefficient (Wildman–Crippen LogP) is 2.21. The maximum atomic E-state index is 11.7. The quantitative estimate of drug-likeness (QED) is 0.924. The maximum absolute atomic E-state index is 11.7. The van der Waals surface area contributed by atoms with E-state index in [9.17, 15) is 4.79 Å². The number of rotatable bonds is 4. The Kier molecular flexibility index (Phi) is 4.76. The van der Waals surface area contributed by atoms with Crippen molar-refractivity contribution in [2.45, 2.75) is 25.9 Å². The largest absolute Gasteiger partial charge is 0.340 e. The highest BCUT2D eigenvalue weighted by atomic mass is 79.9. The highest BCUT2D eigenvalue weighted by Crippen LogP contribution is 2.21. The Bertz CT molecular complexity index is 340. The van der Waals surface area contributed by atoms with Gasteiger partial charge in [0, 0.05) is 13.6 Å². The van der Waals surface area contributed by atoms with Crippen molar-refractivity contribution < 1.29 is 4.79 Å². The number of thiophene rings is 1. The molecule has 0 saturated carbocycles. The summed E-state index contributed by atoms with van der Waals surface area (Å²) in [5.41, 5.74) is 6.81. The third kappa shape index (κ3) is 3.59. The summed E-state index contributed by atoms with van der Waals surface area (Å²) in [5, 5.41) is 2.03. The zero-order valence-electron chi connectivity index (χ0n) is 8.87. The van der Waals surface area contributed by atoms with Gasteiger partial charge in [0.05, 0.1) is 9.83 Å². The predicted molar refractivity (Wildman–Crippen MR) is 66.8 cm³/mol. The number of amides is 1. The minimum atomic E-state index is -0.378. The van der Waals surface area contributed by atoms with Crippen molar-refractivity contribution in [2.24, 2.45) is 5.73 Å². The van der Waals surface area contributed by atoms with Gasteiger partial charge < -0.3 is 10.6 Å². The maximum Gasteiger partial charge on any atom is 0.239 e. The topological polar surface area (TPSA) is 46.3 Å². The first-order valence-corrected chi connectivity index (χ1v) is 6.45. The molecule has 1 atom stereocenters. The number of hydrogen-bond acceptors (Lipinski definition) is 3. The monoisotopic (exact) mass is 290 g/mol. The van der Waals surface area contributed by atoms with Gasteiger partial charge in [-0.2, -0.15) is 0 Å². The molecular formula is C10H15BrN2OS. The minimum Gasteiger partial charge on any atom is -0.340 e. The van der Waals surface area contributed by atoms with Gasteiger partial charge in [0.2, 0.25) is 5.91 Å². The molecule has 0 spiro atoms. The lowest BCUT2D eigenvalue weighted by atomic mass is 10.2. The Balaban J connectivity index is 2.55. The number of carbonyl (C=O) groups is 1. The van der Waals surface area contributed by atoms with Gasteiger partial charge in [0.1, 0.15) is 0 Å². The molecule has 1 aromatic rings. The van der Waals surface area contributed by atoms with Crippen molar-refractivity contribution in [2.75, 3.05) is 7.05 Å². The van der Waals surface area contributed by atoms with Crippen LogP contribution in [0.4, 0.5) is 0 Å². The number of nitrogens with zero attached hydrogens (tertiary/aromatic N) is 1. The van der Waals surface area contributed by atoms with Crippen molar-refractivity contribution in [3.05, 3.63) is 20.8 Å². The van der Waals surface area contributed by atoms with E-state index >= 15 is 0 Å². The number of nitrogens with two attached hydrogens (primary N) is 1. The average molecular weight is 291 g/mol. The van der Waals surface area contributed by atoms with Crippen LogP contribution in [0.25, 0.3) is 0 Å². The summed E-state index contributed by atoms with van der Waals surface area (Å²) < 4.78 is 1.08. The molecule has 0 aliphatic heterocycles. The summed E-state index contributed by atoms with van der Waals surface area (Å²) in [6.07, 6.45) is 0.677. The number of hydrogen-bond donors (Lipinski definition) is 1. The molecule has 0 aliphatic rings. The standard InChI is InChI=1S/C10H15BrN2OS/c1-3-8(12)10(14)13(2)5-7-4-9(11)15-6-7/h4,6,8H,3,5,12H2,1-2H3/t8-/m1/s1. The van der Waals surface area contributed by atoms with Crippen LogP contribution in [-0.4, -0.2) is 23.9 Å². The van der Waals surface area contributed by atoms with E-state index in [1.807, 2.05) is 18.4 Å². The van der Waals surface area contributed by atoms with Crippen LogP contribution in [-0.2, 0) is 11.3 Å². The molecule has 1 aromatic heterocycles. The fourth-order valence-corrected chi connectivity index (χ4v) is 2.44. The third-order valence-electron chi connectivity index (χ3n) is 2.17. The van der Waals surface area contributed by atoms with Crippen molar-refractivity contribution in [1.29, 1.82) is 0 Å². The van der Waals surface area contributed by atoms with E-state index in [1.165, 1.54) is 0 Å². The van der Waals surface area contributed by atoms with Crippen LogP contribution in [0.2, 0.25) is 0 Å². The lowest BCUT2D eigenvalue weighted by Gasteiger charge is -2.19. The summed E-state index contributed by atoms with van der Waals surface area (Å²) in [6, 6.07) is 1.64. The first-order chi connectivity index (χ1) is 7.04. The highest BCUT2D eigenvalue weighted by molar-refractivity contribution is 9.11. The van der Waals surface area contributed by atoms with Crippen molar-refractivity contribution in [3.63, 3.8) is 0 Å². The zero-order chi connectivity index (χ0) is 11.4. The molecule has 1 heterocycles. The van der Waals surface area contributed by atoms with Crippen LogP contribution < -0.4 is 5.73 Å². The Morgan fingerprint density at radius 2 is 2.40 bits per heavy atom. The van der Waals surface area contributed by atoms with Crippen LogP contribution in [0.5, 0.6) is 0 Å². The molecule has 2 N–H and O–H groups in total. The Morgan fingerprint density at radius 3 is 2.87 bits per heavy atom. The third-order valence-corrected chi connectivity index (χ3v) is 3.73. The number of likely N-dealkylation sites (N-methyl/N-ethyl adjacent to an activating group) is 1. The molecule has 0 unspecified atom stereocenters. The molecule has 0 fully saturated rings. The molecular weight excluding hydrogens is 276 g/mol. The summed E-state index contributed by atoms with van der Waals surface area (Å²) in [4.78, 5) is 13.3. The second-order valence-corrected chi connectivity index (χ2v) is 5.76. The van der Waals surface area contributed by atoms with E-state index in [0.717, 1.165) is 9.35 Å². The summed E-state index contributed by atoms with van der Waals surface area (Å²) in [7, 11) is 1.78. The summed E-state index contributed by atoms with van der Waals surface area (Å²) >= 11 is 5.01. The van der Waals surface area contributed by atoms with Crippen LogP contribution in [0.1, 0.15) is 18.9 Å². The number of halogens is 1. The first kappa shape index (κ1) is 12.7. The first-order valence-electron chi connectivity index (χ1n) is 4.78. The second kappa shape index (κ2) is 5.63. The van der Waals surface area contributed by atoms with Crippen molar-refractivity contribution in [3.8, 4) is 0 Å². The molecule has 0 saturated heterocycles. The molecule has 0 aliphatic carbocycles. The average Bonchev–Trinajstić information content (AvgIpc) is 2.61. The molecule has 1 amide bonds. The smallest absolute Gasteiger partial charge is 0.239 e. The summed E-state index contributed by atoms with van der Waals surface area (Å²) in [5.74, 6) is -0.000164. The van der Waals surface area contributed by atoms with Crippen LogP contribution in [0.3, 0.4) is 0 Å². The van der Waals surface area contributed by atoms with Gasteiger partial charge in [-0.1, -0.05) is 6.92 Å². The van der Waals surface area contributed by atoms with E-state index in [2.05, 4.69) is 15.9 Å². The van der Waals surface area contributed by atoms with E-state index < -0.39 is 0 Å². The van der Waals surface area contributed by atoms with Crippen LogP contribution in [0, 0.1) is 0 Å². The van der Waals surface area contributed by atoms with Gasteiger partial charge in [-0.05, 0) is 39.4 Å². The van der Waals surface area contributed by atoms with Gasteiger partial charge in [-0.15, -0.1) is 11.3 Å². The Morgan fingerprint density at radius 1 is 1.73 bits per heavy atom. The molecule has 1 rings (SSSR count). The molecule has 5 heteroatoms. The summed E-state index contributed by atoms with van der Waals surface area (Å²) in [6.45, 7) is 2.53. The normalized spacial score (nSPS) is 12.5. The number of carbonyl (C=O) groups excluding carboxylic acids is 1. The molecule has 0 radical (unpaired) electrons. The fourth-order valence-electron chi connectivity index (χ4n) is 1.24. The molecule has 0 bridgehead atoms. The van der Waals surface area contributed by atoms with E-state index in [0.29, 0.717) is 13.0 Å². The van der Waals surface area contributed by atoms with Gasteiger partial charge >= 0.3 is 0 Å². The van der Waals surface area contributed by atoms with Gasteiger partial charge in [0.25, 0.3) is 0 Å². The van der Waals surface area contributed by atoms with Crippen LogP contribution in [0.15, 0.2) is 15.2 Å². The Labute approximate surface area is 102 Å². The highest BCUT2D eigenvalue weighted by Gasteiger charge is 2.16.